The quantitative estimate of drug-likeness (QED) is 0.730. The summed E-state index contributed by atoms with van der Waals surface area (Å²) in [5, 5.41) is 0. The van der Waals surface area contributed by atoms with Crippen molar-refractivity contribution < 1.29 is 27.6 Å². The maximum Gasteiger partial charge on any atom is 0.238 e. The number of fused-ring (bicyclic) bond motifs is 1. The number of nitrogens with zero attached hydrogens (tertiary/aromatic N) is 1. The molecule has 0 saturated carbocycles. The first-order valence-electron chi connectivity index (χ1n) is 9.73. The summed E-state index contributed by atoms with van der Waals surface area (Å²) in [5.74, 6) is 0.715. The SMILES string of the molecule is O=C(CS(=O)(=O)Cc1ccccc1)N1CC[NH+](Cc2ccc3c(c2)OCO3)CC1. The molecule has 7 nitrogen and oxygen atoms in total. The molecule has 2 aliphatic rings. The normalized spacial score (nSPS) is 16.8. The van der Waals surface area contributed by atoms with E-state index in [1.54, 1.807) is 29.2 Å². The van der Waals surface area contributed by atoms with Crippen LogP contribution in [0.2, 0.25) is 0 Å². The summed E-state index contributed by atoms with van der Waals surface area (Å²) in [6.07, 6.45) is 0. The minimum atomic E-state index is -3.47. The number of ether oxygens (including phenoxy) is 2. The van der Waals surface area contributed by atoms with E-state index in [-0.39, 0.29) is 18.5 Å². The Hall–Kier alpha value is -2.58. The topological polar surface area (TPSA) is 77.4 Å². The molecule has 0 aliphatic carbocycles. The maximum atomic E-state index is 12.5. The Labute approximate surface area is 170 Å². The molecule has 154 valence electrons. The molecule has 2 aliphatic heterocycles. The van der Waals surface area contributed by atoms with Crippen molar-refractivity contribution in [2.24, 2.45) is 0 Å². The lowest BCUT2D eigenvalue weighted by molar-refractivity contribution is -0.917. The summed E-state index contributed by atoms with van der Waals surface area (Å²) in [7, 11) is -3.47. The van der Waals surface area contributed by atoms with Gasteiger partial charge in [-0.2, -0.15) is 0 Å². The number of carbonyl (C=O) groups is 1. The maximum absolute atomic E-state index is 12.5. The molecule has 1 amide bonds. The van der Waals surface area contributed by atoms with Crippen molar-refractivity contribution in [1.29, 1.82) is 0 Å². The highest BCUT2D eigenvalue weighted by Crippen LogP contribution is 2.32. The van der Waals surface area contributed by atoms with Crippen molar-refractivity contribution in [3.63, 3.8) is 0 Å². The molecule has 29 heavy (non-hydrogen) atoms. The van der Waals surface area contributed by atoms with Gasteiger partial charge in [0.05, 0.1) is 31.9 Å². The Balaban J connectivity index is 1.27. The van der Waals surface area contributed by atoms with Gasteiger partial charge in [0.25, 0.3) is 0 Å². The standard InChI is InChI=1S/C21H24N2O5S/c24-21(15-29(25,26)14-17-4-2-1-3-5-17)23-10-8-22(9-11-23)13-18-6-7-19-20(12-18)28-16-27-19/h1-7,12H,8-11,13-16H2/p+1. The zero-order valence-electron chi connectivity index (χ0n) is 16.2. The number of carbonyl (C=O) groups excluding carboxylic acids is 1. The number of piperazine rings is 1. The number of hydrogen-bond donors (Lipinski definition) is 1. The molecular formula is C21H25N2O5S+. The molecule has 8 heteroatoms. The highest BCUT2D eigenvalue weighted by Gasteiger charge is 2.27. The van der Waals surface area contributed by atoms with E-state index < -0.39 is 15.6 Å². The summed E-state index contributed by atoms with van der Waals surface area (Å²) in [4.78, 5) is 15.5. The Morgan fingerprint density at radius 1 is 0.966 bits per heavy atom. The van der Waals surface area contributed by atoms with Crippen molar-refractivity contribution in [1.82, 2.24) is 4.90 Å². The Morgan fingerprint density at radius 3 is 2.45 bits per heavy atom. The van der Waals surface area contributed by atoms with Gasteiger partial charge >= 0.3 is 0 Å². The second-order valence-electron chi connectivity index (χ2n) is 7.51. The number of amides is 1. The molecule has 0 aromatic heterocycles. The molecule has 1 N–H and O–H groups in total. The lowest BCUT2D eigenvalue weighted by Crippen LogP contribution is -3.13. The molecule has 2 aromatic carbocycles. The average Bonchev–Trinajstić information content (AvgIpc) is 3.16. The van der Waals surface area contributed by atoms with Crippen LogP contribution in [-0.2, 0) is 26.9 Å². The van der Waals surface area contributed by atoms with Crippen LogP contribution < -0.4 is 14.4 Å². The zero-order chi connectivity index (χ0) is 20.3. The predicted octanol–water partition coefficient (Wildman–Crippen LogP) is 0.257. The zero-order valence-corrected chi connectivity index (χ0v) is 17.0. The van der Waals surface area contributed by atoms with Crippen LogP contribution in [0.15, 0.2) is 48.5 Å². The van der Waals surface area contributed by atoms with E-state index in [0.29, 0.717) is 18.7 Å². The van der Waals surface area contributed by atoms with E-state index in [0.717, 1.165) is 36.7 Å². The van der Waals surface area contributed by atoms with Crippen LogP contribution in [0.5, 0.6) is 11.5 Å². The van der Waals surface area contributed by atoms with Gasteiger partial charge in [0.2, 0.25) is 12.7 Å². The summed E-state index contributed by atoms with van der Waals surface area (Å²) >= 11 is 0. The Morgan fingerprint density at radius 2 is 1.69 bits per heavy atom. The first-order valence-corrected chi connectivity index (χ1v) is 11.5. The highest BCUT2D eigenvalue weighted by atomic mass is 32.2. The second-order valence-corrected chi connectivity index (χ2v) is 9.58. The van der Waals surface area contributed by atoms with Crippen LogP contribution >= 0.6 is 0 Å². The van der Waals surface area contributed by atoms with Crippen LogP contribution in [0.1, 0.15) is 11.1 Å². The highest BCUT2D eigenvalue weighted by molar-refractivity contribution is 7.91. The number of quaternary nitrogens is 1. The van der Waals surface area contributed by atoms with E-state index in [1.807, 2.05) is 24.3 Å². The van der Waals surface area contributed by atoms with E-state index in [9.17, 15) is 13.2 Å². The molecule has 4 rings (SSSR count). The monoisotopic (exact) mass is 417 g/mol. The molecule has 0 unspecified atom stereocenters. The molecule has 1 fully saturated rings. The van der Waals surface area contributed by atoms with Gasteiger partial charge < -0.3 is 19.3 Å². The van der Waals surface area contributed by atoms with Gasteiger partial charge in [-0.1, -0.05) is 30.3 Å². The molecule has 1 saturated heterocycles. The third-order valence-corrected chi connectivity index (χ3v) is 6.75. The second kappa shape index (κ2) is 8.42. The van der Waals surface area contributed by atoms with Gasteiger partial charge in [0.1, 0.15) is 12.3 Å². The summed E-state index contributed by atoms with van der Waals surface area (Å²) < 4.78 is 35.5. The van der Waals surface area contributed by atoms with E-state index >= 15 is 0 Å². The summed E-state index contributed by atoms with van der Waals surface area (Å²) in [5.41, 5.74) is 1.87. The minimum Gasteiger partial charge on any atom is -0.454 e. The van der Waals surface area contributed by atoms with Gasteiger partial charge in [0.15, 0.2) is 21.3 Å². The van der Waals surface area contributed by atoms with Gasteiger partial charge in [-0.15, -0.1) is 0 Å². The third kappa shape index (κ3) is 5.07. The van der Waals surface area contributed by atoms with Crippen LogP contribution in [-0.4, -0.2) is 57.9 Å². The molecule has 0 spiro atoms. The summed E-state index contributed by atoms with van der Waals surface area (Å²) in [6, 6.07) is 14.9. The summed E-state index contributed by atoms with van der Waals surface area (Å²) in [6.45, 7) is 3.82. The fourth-order valence-electron chi connectivity index (χ4n) is 3.75. The van der Waals surface area contributed by atoms with Gasteiger partial charge in [-0.25, -0.2) is 8.42 Å². The van der Waals surface area contributed by atoms with Crippen molar-refractivity contribution in [3.05, 3.63) is 59.7 Å². The molecule has 0 radical (unpaired) electrons. The van der Waals surface area contributed by atoms with Crippen LogP contribution in [0, 0.1) is 0 Å². The van der Waals surface area contributed by atoms with Crippen molar-refractivity contribution in [2.75, 3.05) is 38.7 Å². The first-order chi connectivity index (χ1) is 14.0. The van der Waals surface area contributed by atoms with Gasteiger partial charge in [-0.3, -0.25) is 4.79 Å². The fraction of sp³-hybridized carbons (Fsp3) is 0.381. The molecular weight excluding hydrogens is 392 g/mol. The van der Waals surface area contributed by atoms with Gasteiger partial charge in [0, 0.05) is 5.56 Å². The average molecular weight is 418 g/mol. The minimum absolute atomic E-state index is 0.102. The molecule has 2 aromatic rings. The lowest BCUT2D eigenvalue weighted by Gasteiger charge is -2.32. The number of benzene rings is 2. The molecule has 0 bridgehead atoms. The van der Waals surface area contributed by atoms with Crippen LogP contribution in [0.25, 0.3) is 0 Å². The van der Waals surface area contributed by atoms with Crippen molar-refractivity contribution in [3.8, 4) is 11.5 Å². The number of sulfone groups is 1. The van der Waals surface area contributed by atoms with E-state index in [1.165, 1.54) is 4.90 Å². The van der Waals surface area contributed by atoms with Crippen molar-refractivity contribution in [2.45, 2.75) is 12.3 Å². The first kappa shape index (κ1) is 19.7. The van der Waals surface area contributed by atoms with Crippen LogP contribution in [0.4, 0.5) is 0 Å². The Kier molecular flexibility index (Phi) is 5.73. The molecule has 2 heterocycles. The van der Waals surface area contributed by atoms with E-state index in [4.69, 9.17) is 9.47 Å². The van der Waals surface area contributed by atoms with Gasteiger partial charge in [-0.05, 0) is 23.8 Å². The number of nitrogens with one attached hydrogen (secondary N) is 1. The largest absolute Gasteiger partial charge is 0.454 e. The third-order valence-electron chi connectivity index (χ3n) is 5.29. The number of hydrogen-bond acceptors (Lipinski definition) is 5. The lowest BCUT2D eigenvalue weighted by atomic mass is 10.1. The number of rotatable bonds is 6. The van der Waals surface area contributed by atoms with Crippen LogP contribution in [0.3, 0.4) is 0 Å². The predicted molar refractivity (Wildman–Crippen MR) is 107 cm³/mol. The molecule has 0 atom stereocenters. The van der Waals surface area contributed by atoms with Crippen molar-refractivity contribution >= 4 is 15.7 Å². The Bertz CT molecular complexity index is 970. The van der Waals surface area contributed by atoms with E-state index in [2.05, 4.69) is 0 Å². The smallest absolute Gasteiger partial charge is 0.238 e. The fourth-order valence-corrected chi connectivity index (χ4v) is 5.11.